The number of nitrogens with zero attached hydrogens (tertiary/aromatic N) is 1. The first-order chi connectivity index (χ1) is 3.93. The van der Waals surface area contributed by atoms with Gasteiger partial charge in [-0.25, -0.2) is 0 Å². The van der Waals surface area contributed by atoms with Crippen LogP contribution in [0, 0.1) is 0 Å². The Labute approximate surface area is 65.0 Å². The molecule has 1 nitrogen and oxygen atoms in total. The Morgan fingerprint density at radius 1 is 1.44 bits per heavy atom. The standard InChI is InChI=1S/C7H7N.Co/c1-2-7-5-3-4-6-8-7;/h2-6H,1H2;. The third-order valence-electron chi connectivity index (χ3n) is 0.897. The molecule has 0 N–H and O–H groups in total. The summed E-state index contributed by atoms with van der Waals surface area (Å²) >= 11 is 0. The summed E-state index contributed by atoms with van der Waals surface area (Å²) in [4.78, 5) is 3.98. The predicted molar refractivity (Wildman–Crippen MR) is 34.3 cm³/mol. The van der Waals surface area contributed by atoms with Gasteiger partial charge in [-0.05, 0) is 18.2 Å². The zero-order valence-corrected chi connectivity index (χ0v) is 5.92. The van der Waals surface area contributed by atoms with E-state index in [0.29, 0.717) is 0 Å². The molecule has 1 heterocycles. The quantitative estimate of drug-likeness (QED) is 0.615. The summed E-state index contributed by atoms with van der Waals surface area (Å²) in [6.45, 7) is 3.57. The second kappa shape index (κ2) is 4.29. The molecule has 0 aliphatic heterocycles. The fourth-order valence-electron chi connectivity index (χ4n) is 0.497. The average molecular weight is 164 g/mol. The van der Waals surface area contributed by atoms with E-state index in [0.717, 1.165) is 5.69 Å². The molecule has 0 saturated carbocycles. The van der Waals surface area contributed by atoms with Crippen LogP contribution in [0.2, 0.25) is 0 Å². The fraction of sp³-hybridized carbons (Fsp3) is 0. The molecule has 2 heteroatoms. The molecule has 0 saturated heterocycles. The summed E-state index contributed by atoms with van der Waals surface area (Å²) in [5.74, 6) is 0. The van der Waals surface area contributed by atoms with Crippen LogP contribution < -0.4 is 0 Å². The van der Waals surface area contributed by atoms with E-state index >= 15 is 0 Å². The summed E-state index contributed by atoms with van der Waals surface area (Å²) in [6.07, 6.45) is 3.47. The Morgan fingerprint density at radius 2 is 2.22 bits per heavy atom. The van der Waals surface area contributed by atoms with Crippen LogP contribution in [0.1, 0.15) is 5.69 Å². The largest absolute Gasteiger partial charge is 0.257 e. The molecule has 0 aromatic carbocycles. The molecule has 0 bridgehead atoms. The molecule has 49 valence electrons. The molecule has 1 radical (unpaired) electrons. The second-order valence-electron chi connectivity index (χ2n) is 1.46. The van der Waals surface area contributed by atoms with E-state index in [9.17, 15) is 0 Å². The van der Waals surface area contributed by atoms with Crippen molar-refractivity contribution in [2.45, 2.75) is 0 Å². The van der Waals surface area contributed by atoms with Crippen LogP contribution in [0.5, 0.6) is 0 Å². The van der Waals surface area contributed by atoms with Crippen molar-refractivity contribution in [1.82, 2.24) is 4.98 Å². The normalized spacial score (nSPS) is 7.56. The number of hydrogen-bond donors (Lipinski definition) is 0. The van der Waals surface area contributed by atoms with E-state index < -0.39 is 0 Å². The SMILES string of the molecule is C=Cc1ccccn1.[Co]. The minimum Gasteiger partial charge on any atom is -0.257 e. The van der Waals surface area contributed by atoms with Gasteiger partial charge in [0.1, 0.15) is 0 Å². The van der Waals surface area contributed by atoms with Crippen molar-refractivity contribution in [3.63, 3.8) is 0 Å². The summed E-state index contributed by atoms with van der Waals surface area (Å²) in [7, 11) is 0. The van der Waals surface area contributed by atoms with Gasteiger partial charge >= 0.3 is 0 Å². The molecule has 9 heavy (non-hydrogen) atoms. The van der Waals surface area contributed by atoms with Crippen molar-refractivity contribution < 1.29 is 16.8 Å². The van der Waals surface area contributed by atoms with Gasteiger partial charge in [0, 0.05) is 23.0 Å². The van der Waals surface area contributed by atoms with E-state index in [1.807, 2.05) is 18.2 Å². The third-order valence-corrected chi connectivity index (χ3v) is 0.897. The zero-order chi connectivity index (χ0) is 5.82. The summed E-state index contributed by atoms with van der Waals surface area (Å²) in [5.41, 5.74) is 0.924. The molecule has 1 rings (SSSR count). The molecule has 0 atom stereocenters. The van der Waals surface area contributed by atoms with Crippen LogP contribution >= 0.6 is 0 Å². The monoisotopic (exact) mass is 164 g/mol. The van der Waals surface area contributed by atoms with Gasteiger partial charge in [0.15, 0.2) is 0 Å². The first kappa shape index (κ1) is 8.40. The first-order valence-electron chi connectivity index (χ1n) is 2.47. The molecular formula is C7H7CoN. The van der Waals surface area contributed by atoms with E-state index in [4.69, 9.17) is 0 Å². The van der Waals surface area contributed by atoms with Crippen LogP contribution in [-0.2, 0) is 16.8 Å². The maximum Gasteiger partial charge on any atom is 0.0623 e. The van der Waals surface area contributed by atoms with Crippen molar-refractivity contribution in [3.05, 3.63) is 36.7 Å². The van der Waals surface area contributed by atoms with Gasteiger partial charge in [0.2, 0.25) is 0 Å². The molecule has 0 fully saturated rings. The number of hydrogen-bond acceptors (Lipinski definition) is 1. The average Bonchev–Trinajstić information content (AvgIpc) is 1.90. The van der Waals surface area contributed by atoms with Gasteiger partial charge in [-0.1, -0.05) is 12.6 Å². The smallest absolute Gasteiger partial charge is 0.0623 e. The van der Waals surface area contributed by atoms with E-state index in [1.165, 1.54) is 0 Å². The topological polar surface area (TPSA) is 12.9 Å². The Kier molecular flexibility index (Phi) is 4.00. The molecule has 1 aromatic rings. The molecular weight excluding hydrogens is 157 g/mol. The van der Waals surface area contributed by atoms with Gasteiger partial charge in [-0.3, -0.25) is 4.98 Å². The van der Waals surface area contributed by atoms with Crippen LogP contribution in [0.25, 0.3) is 6.08 Å². The van der Waals surface area contributed by atoms with Crippen LogP contribution in [0.3, 0.4) is 0 Å². The van der Waals surface area contributed by atoms with Gasteiger partial charge in [0.25, 0.3) is 0 Å². The Balaban J connectivity index is 0.000000640. The summed E-state index contributed by atoms with van der Waals surface area (Å²) in [5, 5.41) is 0. The van der Waals surface area contributed by atoms with Crippen molar-refractivity contribution in [3.8, 4) is 0 Å². The third kappa shape index (κ3) is 2.44. The zero-order valence-electron chi connectivity index (χ0n) is 4.87. The van der Waals surface area contributed by atoms with Gasteiger partial charge < -0.3 is 0 Å². The number of pyridine rings is 1. The number of rotatable bonds is 1. The minimum atomic E-state index is 0. The molecule has 0 unspecified atom stereocenters. The Morgan fingerprint density at radius 3 is 2.56 bits per heavy atom. The van der Waals surface area contributed by atoms with Crippen LogP contribution in [0.15, 0.2) is 31.0 Å². The van der Waals surface area contributed by atoms with Crippen molar-refractivity contribution in [1.29, 1.82) is 0 Å². The number of aromatic nitrogens is 1. The molecule has 1 aromatic heterocycles. The fourth-order valence-corrected chi connectivity index (χ4v) is 0.497. The van der Waals surface area contributed by atoms with Crippen molar-refractivity contribution in [2.24, 2.45) is 0 Å². The predicted octanol–water partition coefficient (Wildman–Crippen LogP) is 1.72. The van der Waals surface area contributed by atoms with Crippen molar-refractivity contribution >= 4 is 6.08 Å². The maximum atomic E-state index is 3.98. The van der Waals surface area contributed by atoms with E-state index in [1.54, 1.807) is 12.3 Å². The molecule has 0 aliphatic rings. The van der Waals surface area contributed by atoms with Crippen molar-refractivity contribution in [2.75, 3.05) is 0 Å². The van der Waals surface area contributed by atoms with Crippen LogP contribution in [0.4, 0.5) is 0 Å². The van der Waals surface area contributed by atoms with Crippen LogP contribution in [-0.4, -0.2) is 4.98 Å². The maximum absolute atomic E-state index is 3.98. The second-order valence-corrected chi connectivity index (χ2v) is 1.46. The summed E-state index contributed by atoms with van der Waals surface area (Å²) in [6, 6.07) is 5.73. The molecule has 0 amide bonds. The molecule has 0 aliphatic carbocycles. The minimum absolute atomic E-state index is 0. The van der Waals surface area contributed by atoms with Gasteiger partial charge in [0.05, 0.1) is 5.69 Å². The summed E-state index contributed by atoms with van der Waals surface area (Å²) < 4.78 is 0. The molecule has 0 spiro atoms. The van der Waals surface area contributed by atoms with E-state index in [-0.39, 0.29) is 16.8 Å². The van der Waals surface area contributed by atoms with E-state index in [2.05, 4.69) is 11.6 Å². The van der Waals surface area contributed by atoms with Gasteiger partial charge in [-0.15, -0.1) is 0 Å². The Hall–Kier alpha value is -0.604. The Bertz CT molecular complexity index is 172. The first-order valence-corrected chi connectivity index (χ1v) is 2.47. The van der Waals surface area contributed by atoms with Gasteiger partial charge in [-0.2, -0.15) is 0 Å².